The van der Waals surface area contributed by atoms with Gasteiger partial charge in [-0.3, -0.25) is 10.5 Å². The molecule has 0 bridgehead atoms. The molecule has 0 saturated carbocycles. The smallest absolute Gasteiger partial charge is 0.346 e. The third kappa shape index (κ3) is 5.79. The van der Waals surface area contributed by atoms with Crippen molar-refractivity contribution in [3.63, 3.8) is 0 Å². The van der Waals surface area contributed by atoms with E-state index in [4.69, 9.17) is 17.2 Å². The van der Waals surface area contributed by atoms with Crippen molar-refractivity contribution >= 4 is 35.6 Å². The van der Waals surface area contributed by atoms with E-state index in [-0.39, 0.29) is 23.8 Å². The summed E-state index contributed by atoms with van der Waals surface area (Å²) in [6.07, 6.45) is 5.80. The average Bonchev–Trinajstić information content (AvgIpc) is 3.11. The zero-order chi connectivity index (χ0) is 22.5. The van der Waals surface area contributed by atoms with Crippen LogP contribution in [0.1, 0.15) is 12.5 Å². The fraction of sp³-hybridized carbons (Fsp3) is 0.312. The molecule has 0 saturated heterocycles. The molecule has 0 aromatic carbocycles. The average molecular weight is 417 g/mol. The van der Waals surface area contributed by atoms with Crippen molar-refractivity contribution < 1.29 is 9.59 Å². The zero-order valence-corrected chi connectivity index (χ0v) is 16.6. The molecule has 4 heterocycles. The summed E-state index contributed by atoms with van der Waals surface area (Å²) in [4.78, 5) is 51.0. The van der Waals surface area contributed by atoms with Crippen molar-refractivity contribution in [1.82, 2.24) is 25.5 Å². The van der Waals surface area contributed by atoms with Crippen LogP contribution in [0.4, 0.5) is 10.6 Å². The summed E-state index contributed by atoms with van der Waals surface area (Å²) in [6.45, 7) is 3.36. The van der Waals surface area contributed by atoms with Crippen LogP contribution in [-0.4, -0.2) is 63.7 Å². The molecule has 3 amide bonds. The molecule has 14 nitrogen and oxygen atoms in total. The number of nitrogens with one attached hydrogen (secondary N) is 3. The van der Waals surface area contributed by atoms with Crippen molar-refractivity contribution in [2.24, 2.45) is 26.4 Å². The van der Waals surface area contributed by atoms with Gasteiger partial charge in [-0.2, -0.15) is 4.98 Å². The van der Waals surface area contributed by atoms with Crippen molar-refractivity contribution in [1.29, 1.82) is 0 Å². The second-order valence-corrected chi connectivity index (χ2v) is 6.44. The number of amidine groups is 1. The minimum atomic E-state index is -1.06. The number of aromatic nitrogens is 2. The molecule has 2 unspecified atom stereocenters. The van der Waals surface area contributed by atoms with Gasteiger partial charge in [0.05, 0.1) is 0 Å². The Labute approximate surface area is 171 Å². The lowest BCUT2D eigenvalue weighted by atomic mass is 10.2. The van der Waals surface area contributed by atoms with Gasteiger partial charge in [-0.25, -0.2) is 24.6 Å². The monoisotopic (exact) mass is 417 g/mol. The Kier molecular flexibility index (Phi) is 6.76. The Bertz CT molecular complexity index is 1010. The molecule has 0 fully saturated rings. The molecule has 0 radical (unpaired) electrons. The number of fused-ring (bicyclic) bond motifs is 1. The molecule has 160 valence electrons. The number of hydrogen-bond acceptors (Lipinski definition) is 10. The van der Waals surface area contributed by atoms with E-state index in [2.05, 4.69) is 35.6 Å². The number of likely N-dealkylation sites (N-methyl/N-ethyl adjacent to an activating group) is 1. The molecule has 0 aliphatic carbocycles. The predicted molar refractivity (Wildman–Crippen MR) is 112 cm³/mol. The number of aliphatic imine (C=N–C) groups is 3. The van der Waals surface area contributed by atoms with Gasteiger partial charge in [0.25, 0.3) is 5.91 Å². The van der Waals surface area contributed by atoms with Gasteiger partial charge in [0.15, 0.2) is 17.3 Å². The lowest BCUT2D eigenvalue weighted by molar-refractivity contribution is -0.116. The van der Waals surface area contributed by atoms with Gasteiger partial charge in [0.2, 0.25) is 0 Å². The molecular formula is C16H23N11O3. The Morgan fingerprint density at radius 1 is 1.27 bits per heavy atom. The van der Waals surface area contributed by atoms with E-state index in [0.717, 1.165) is 5.56 Å². The van der Waals surface area contributed by atoms with Crippen molar-refractivity contribution in [2.45, 2.75) is 25.8 Å². The number of nitrogens with two attached hydrogens (primary N) is 3. The summed E-state index contributed by atoms with van der Waals surface area (Å²) in [5.41, 5.74) is 16.9. The van der Waals surface area contributed by atoms with Crippen molar-refractivity contribution in [2.75, 3.05) is 12.8 Å². The quantitative estimate of drug-likeness (QED) is 0.271. The Morgan fingerprint density at radius 2 is 1.97 bits per heavy atom. The highest BCUT2D eigenvalue weighted by molar-refractivity contribution is 6.69. The molecule has 2 atom stereocenters. The standard InChI is InChI=1S/C6H7N5O.C5H9N3O.C5H7N3O/c1-6(7)10-4-3(5(12)11-6)8-2-9-4;1-8-4(6)2-3-7-5(8)9;1-3-2-7-5(9)8-4(3)6/h2H,7H2,1H3,(H,11,12);2-4H,6H2,1H3,(H,7,9);2H,1H3,(H3,6,7,8,9). The molecular weight excluding hydrogens is 394 g/mol. The second-order valence-electron chi connectivity index (χ2n) is 6.44. The first-order valence-corrected chi connectivity index (χ1v) is 8.59. The van der Waals surface area contributed by atoms with Crippen LogP contribution in [0.3, 0.4) is 0 Å². The van der Waals surface area contributed by atoms with Gasteiger partial charge in [0.1, 0.15) is 18.3 Å². The topological polar surface area (TPSA) is 222 Å². The van der Waals surface area contributed by atoms with Gasteiger partial charge in [-0.1, -0.05) is 0 Å². The van der Waals surface area contributed by atoms with Gasteiger partial charge in [-0.15, -0.1) is 0 Å². The van der Waals surface area contributed by atoms with E-state index < -0.39 is 11.5 Å². The van der Waals surface area contributed by atoms with E-state index in [1.54, 1.807) is 33.2 Å². The number of amides is 3. The first-order valence-electron chi connectivity index (χ1n) is 8.59. The molecule has 1 aromatic heterocycles. The molecule has 1 aromatic rings. The summed E-state index contributed by atoms with van der Waals surface area (Å²) in [6, 6.07) is -0.162. The number of aryl methyl sites for hydroxylation is 1. The van der Waals surface area contributed by atoms with Crippen molar-refractivity contribution in [3.05, 3.63) is 34.5 Å². The summed E-state index contributed by atoms with van der Waals surface area (Å²) >= 11 is 0. The summed E-state index contributed by atoms with van der Waals surface area (Å²) in [5, 5.41) is 4.96. The first-order chi connectivity index (χ1) is 14.0. The number of aromatic amines is 1. The van der Waals surface area contributed by atoms with E-state index in [1.807, 2.05) is 0 Å². The van der Waals surface area contributed by atoms with Gasteiger partial charge >= 0.3 is 11.7 Å². The number of rotatable bonds is 0. The highest BCUT2D eigenvalue weighted by Gasteiger charge is 2.33. The highest BCUT2D eigenvalue weighted by Crippen LogP contribution is 2.08. The SMILES string of the molecule is CC1(N)N=C2N=CN=C2C(=O)N1.CN1C(=O)NC=CC1N.Cc1c[nH]c(=O)nc1N. The Balaban J connectivity index is 0.000000163. The zero-order valence-electron chi connectivity index (χ0n) is 16.6. The normalized spacial score (nSPS) is 23.6. The van der Waals surface area contributed by atoms with E-state index in [1.165, 1.54) is 17.4 Å². The molecule has 3 aliphatic rings. The van der Waals surface area contributed by atoms with Crippen LogP contribution in [0.2, 0.25) is 0 Å². The van der Waals surface area contributed by atoms with Crippen LogP contribution >= 0.6 is 0 Å². The minimum Gasteiger partial charge on any atom is -0.383 e. The van der Waals surface area contributed by atoms with Crippen LogP contribution in [0.25, 0.3) is 0 Å². The summed E-state index contributed by atoms with van der Waals surface area (Å²) in [7, 11) is 1.64. The van der Waals surface area contributed by atoms with Crippen LogP contribution in [0.5, 0.6) is 0 Å². The van der Waals surface area contributed by atoms with E-state index in [0.29, 0.717) is 11.7 Å². The maximum Gasteiger partial charge on any atom is 0.346 e. The fourth-order valence-electron chi connectivity index (χ4n) is 2.10. The lowest BCUT2D eigenvalue weighted by Crippen LogP contribution is -2.58. The Morgan fingerprint density at radius 3 is 2.53 bits per heavy atom. The largest absolute Gasteiger partial charge is 0.383 e. The van der Waals surface area contributed by atoms with Gasteiger partial charge in [0, 0.05) is 25.0 Å². The number of H-pyrrole nitrogens is 1. The van der Waals surface area contributed by atoms with Crippen LogP contribution in [-0.2, 0) is 4.79 Å². The first kappa shape index (κ1) is 22.4. The van der Waals surface area contributed by atoms with E-state index >= 15 is 0 Å². The molecule has 30 heavy (non-hydrogen) atoms. The van der Waals surface area contributed by atoms with Gasteiger partial charge < -0.3 is 32.0 Å². The van der Waals surface area contributed by atoms with Crippen LogP contribution in [0, 0.1) is 6.92 Å². The number of carbonyl (C=O) groups excluding carboxylic acids is 2. The predicted octanol–water partition coefficient (Wildman–Crippen LogP) is -2.27. The maximum absolute atomic E-state index is 11.2. The minimum absolute atomic E-state index is 0.162. The number of anilines is 1. The number of nitrogen functional groups attached to an aromatic ring is 1. The van der Waals surface area contributed by atoms with Crippen molar-refractivity contribution in [3.8, 4) is 0 Å². The lowest BCUT2D eigenvalue weighted by Gasteiger charge is -2.25. The highest BCUT2D eigenvalue weighted by atomic mass is 16.2. The maximum atomic E-state index is 11.2. The summed E-state index contributed by atoms with van der Waals surface area (Å²) in [5.74, 6) is -0.794. The molecule has 0 spiro atoms. The fourth-order valence-corrected chi connectivity index (χ4v) is 2.10. The number of nitrogens with zero attached hydrogens (tertiary/aromatic N) is 5. The molecule has 14 heteroatoms. The van der Waals surface area contributed by atoms with Gasteiger partial charge in [-0.05, 0) is 19.9 Å². The van der Waals surface area contributed by atoms with Crippen LogP contribution < -0.4 is 33.5 Å². The number of urea groups is 1. The number of carbonyl (C=O) groups is 2. The number of hydrogen-bond donors (Lipinski definition) is 6. The third-order valence-corrected chi connectivity index (χ3v) is 3.80. The second kappa shape index (κ2) is 9.06. The molecule has 9 N–H and O–H groups in total. The third-order valence-electron chi connectivity index (χ3n) is 3.80. The summed E-state index contributed by atoms with van der Waals surface area (Å²) < 4.78 is 0. The molecule has 4 rings (SSSR count). The molecule has 3 aliphatic heterocycles. The van der Waals surface area contributed by atoms with E-state index in [9.17, 15) is 14.4 Å². The Hall–Kier alpha value is -3.91. The van der Waals surface area contributed by atoms with Crippen LogP contribution in [0.15, 0.2) is 38.2 Å².